The highest BCUT2D eigenvalue weighted by atomic mass is 17.1. The van der Waals surface area contributed by atoms with Crippen molar-refractivity contribution < 1.29 is 24.5 Å². The zero-order chi connectivity index (χ0) is 12.8. The van der Waals surface area contributed by atoms with Gasteiger partial charge in [-0.15, -0.1) is 6.58 Å². The van der Waals surface area contributed by atoms with Crippen molar-refractivity contribution in [3.63, 3.8) is 0 Å². The third kappa shape index (κ3) is 6.02. The molecule has 0 aromatic heterocycles. The van der Waals surface area contributed by atoms with Crippen molar-refractivity contribution in [1.29, 1.82) is 0 Å². The molecule has 0 aromatic carbocycles. The first-order valence-electron chi connectivity index (χ1n) is 4.76. The molecule has 16 heavy (non-hydrogen) atoms. The molecule has 92 valence electrons. The van der Waals surface area contributed by atoms with Crippen LogP contribution in [0.1, 0.15) is 27.2 Å². The molecular weight excluding hydrogens is 214 g/mol. The van der Waals surface area contributed by atoms with E-state index in [4.69, 9.17) is 9.99 Å². The number of rotatable bonds is 4. The van der Waals surface area contributed by atoms with Gasteiger partial charge in [0.15, 0.2) is 0 Å². The molecule has 1 atom stereocenters. The molecule has 0 radical (unpaired) electrons. The molecule has 0 saturated carbocycles. The second-order valence-electron chi connectivity index (χ2n) is 4.13. The number of ether oxygens (including phenoxy) is 1. The van der Waals surface area contributed by atoms with Crippen LogP contribution < -0.4 is 5.32 Å². The second kappa shape index (κ2) is 6.12. The van der Waals surface area contributed by atoms with Gasteiger partial charge in [-0.1, -0.05) is 6.08 Å². The predicted octanol–water partition coefficient (Wildman–Crippen LogP) is 1.47. The molecule has 0 fully saturated rings. The van der Waals surface area contributed by atoms with Gasteiger partial charge in [-0.3, -0.25) is 4.89 Å². The Bertz CT molecular complexity index is 269. The summed E-state index contributed by atoms with van der Waals surface area (Å²) in [5, 5.41) is 10.5. The summed E-state index contributed by atoms with van der Waals surface area (Å²) in [4.78, 5) is 25.9. The summed E-state index contributed by atoms with van der Waals surface area (Å²) >= 11 is 0. The summed E-state index contributed by atoms with van der Waals surface area (Å²) in [5.41, 5.74) is -0.661. The van der Waals surface area contributed by atoms with E-state index in [0.717, 1.165) is 0 Å². The number of alkyl carbamates (subject to hydrolysis) is 1. The van der Waals surface area contributed by atoms with E-state index >= 15 is 0 Å². The summed E-state index contributed by atoms with van der Waals surface area (Å²) in [7, 11) is 0. The Morgan fingerprint density at radius 2 is 2.06 bits per heavy atom. The Balaban J connectivity index is 4.34. The standard InChI is InChI=1S/C10H17NO5/c1-5-6-7(8(12)16-14)11-9(13)15-10(2,3)4/h5,7,14H,1,6H2,2-4H3,(H,11,13)/t7-/m0/s1. The first-order chi connectivity index (χ1) is 7.30. The van der Waals surface area contributed by atoms with Crippen LogP contribution in [0.2, 0.25) is 0 Å². The van der Waals surface area contributed by atoms with Gasteiger partial charge < -0.3 is 10.1 Å². The molecule has 0 bridgehead atoms. The van der Waals surface area contributed by atoms with E-state index in [9.17, 15) is 9.59 Å². The van der Waals surface area contributed by atoms with Crippen LogP contribution in [0, 0.1) is 0 Å². The lowest BCUT2D eigenvalue weighted by Gasteiger charge is -2.21. The summed E-state index contributed by atoms with van der Waals surface area (Å²) in [6, 6.07) is -1.00. The summed E-state index contributed by atoms with van der Waals surface area (Å²) in [6.07, 6.45) is 0.794. The predicted molar refractivity (Wildman–Crippen MR) is 56.7 cm³/mol. The molecule has 0 aromatic rings. The maximum absolute atomic E-state index is 11.3. The SMILES string of the molecule is C=CC[C@H](NC(=O)OC(C)(C)C)C(=O)OO. The van der Waals surface area contributed by atoms with Crippen molar-refractivity contribution in [2.45, 2.75) is 38.8 Å². The van der Waals surface area contributed by atoms with Gasteiger partial charge in [-0.05, 0) is 27.2 Å². The molecule has 0 rings (SSSR count). The zero-order valence-electron chi connectivity index (χ0n) is 9.65. The second-order valence-corrected chi connectivity index (χ2v) is 4.13. The van der Waals surface area contributed by atoms with E-state index < -0.39 is 23.7 Å². The fourth-order valence-corrected chi connectivity index (χ4v) is 0.894. The van der Waals surface area contributed by atoms with Gasteiger partial charge >= 0.3 is 12.1 Å². The van der Waals surface area contributed by atoms with E-state index in [1.807, 2.05) is 0 Å². The molecular formula is C10H17NO5. The molecule has 0 aliphatic heterocycles. The number of carbonyl (C=O) groups excluding carboxylic acids is 2. The van der Waals surface area contributed by atoms with Crippen LogP contribution >= 0.6 is 0 Å². The maximum Gasteiger partial charge on any atom is 0.408 e. The van der Waals surface area contributed by atoms with Crippen LogP contribution in [-0.2, 0) is 14.4 Å². The first-order valence-corrected chi connectivity index (χ1v) is 4.76. The minimum Gasteiger partial charge on any atom is -0.444 e. The van der Waals surface area contributed by atoms with Gasteiger partial charge in [0, 0.05) is 0 Å². The number of hydrogen-bond donors (Lipinski definition) is 2. The van der Waals surface area contributed by atoms with Crippen molar-refractivity contribution >= 4 is 12.1 Å². The Morgan fingerprint density at radius 1 is 1.50 bits per heavy atom. The van der Waals surface area contributed by atoms with Crippen molar-refractivity contribution in [3.05, 3.63) is 12.7 Å². The van der Waals surface area contributed by atoms with Crippen molar-refractivity contribution in [3.8, 4) is 0 Å². The fraction of sp³-hybridized carbons (Fsp3) is 0.600. The summed E-state index contributed by atoms with van der Waals surface area (Å²) < 4.78 is 4.94. The maximum atomic E-state index is 11.3. The minimum absolute atomic E-state index is 0.138. The van der Waals surface area contributed by atoms with Crippen LogP contribution in [0.5, 0.6) is 0 Å². The Labute approximate surface area is 94.2 Å². The zero-order valence-corrected chi connectivity index (χ0v) is 9.65. The van der Waals surface area contributed by atoms with Crippen LogP contribution in [0.3, 0.4) is 0 Å². The van der Waals surface area contributed by atoms with Crippen molar-refractivity contribution in [1.82, 2.24) is 5.32 Å². The van der Waals surface area contributed by atoms with Gasteiger partial charge in [0.05, 0.1) is 0 Å². The van der Waals surface area contributed by atoms with Crippen LogP contribution in [0.4, 0.5) is 4.79 Å². The highest BCUT2D eigenvalue weighted by Gasteiger charge is 2.24. The number of nitrogens with one attached hydrogen (secondary N) is 1. The van der Waals surface area contributed by atoms with E-state index in [1.165, 1.54) is 6.08 Å². The summed E-state index contributed by atoms with van der Waals surface area (Å²) in [5.74, 6) is -0.967. The lowest BCUT2D eigenvalue weighted by Crippen LogP contribution is -2.43. The van der Waals surface area contributed by atoms with Crippen LogP contribution in [0.15, 0.2) is 12.7 Å². The third-order valence-electron chi connectivity index (χ3n) is 1.47. The molecule has 1 amide bonds. The number of carbonyl (C=O) groups is 2. The Kier molecular flexibility index (Phi) is 5.52. The molecule has 0 spiro atoms. The minimum atomic E-state index is -1.00. The van der Waals surface area contributed by atoms with E-state index in [-0.39, 0.29) is 6.42 Å². The van der Waals surface area contributed by atoms with E-state index in [0.29, 0.717) is 0 Å². The van der Waals surface area contributed by atoms with Gasteiger partial charge in [0.2, 0.25) is 0 Å². The molecule has 2 N–H and O–H groups in total. The molecule has 6 heteroatoms. The van der Waals surface area contributed by atoms with Crippen LogP contribution in [0.25, 0.3) is 0 Å². The molecule has 0 saturated heterocycles. The number of amides is 1. The topological polar surface area (TPSA) is 84.9 Å². The quantitative estimate of drug-likeness (QED) is 0.435. The molecule has 0 aliphatic carbocycles. The Morgan fingerprint density at radius 3 is 2.44 bits per heavy atom. The highest BCUT2D eigenvalue weighted by Crippen LogP contribution is 2.07. The molecule has 0 unspecified atom stereocenters. The summed E-state index contributed by atoms with van der Waals surface area (Å²) in [6.45, 7) is 8.50. The van der Waals surface area contributed by atoms with E-state index in [1.54, 1.807) is 20.8 Å². The average molecular weight is 231 g/mol. The van der Waals surface area contributed by atoms with Gasteiger partial charge in [0.1, 0.15) is 11.6 Å². The highest BCUT2D eigenvalue weighted by molar-refractivity contribution is 5.81. The first kappa shape index (κ1) is 14.4. The lowest BCUT2D eigenvalue weighted by molar-refractivity contribution is -0.236. The molecule has 0 heterocycles. The molecule has 6 nitrogen and oxygen atoms in total. The van der Waals surface area contributed by atoms with Gasteiger partial charge in [-0.25, -0.2) is 9.59 Å². The van der Waals surface area contributed by atoms with E-state index in [2.05, 4.69) is 16.8 Å². The number of hydrogen-bond acceptors (Lipinski definition) is 5. The smallest absolute Gasteiger partial charge is 0.408 e. The largest absolute Gasteiger partial charge is 0.444 e. The third-order valence-corrected chi connectivity index (χ3v) is 1.47. The van der Waals surface area contributed by atoms with Gasteiger partial charge in [-0.2, -0.15) is 5.26 Å². The van der Waals surface area contributed by atoms with Crippen molar-refractivity contribution in [2.75, 3.05) is 0 Å². The van der Waals surface area contributed by atoms with Gasteiger partial charge in [0.25, 0.3) is 0 Å². The fourth-order valence-electron chi connectivity index (χ4n) is 0.894. The molecule has 0 aliphatic rings. The lowest BCUT2D eigenvalue weighted by atomic mass is 10.2. The normalized spacial score (nSPS) is 12.5. The monoisotopic (exact) mass is 231 g/mol. The van der Waals surface area contributed by atoms with Crippen LogP contribution in [-0.4, -0.2) is 29.0 Å². The Hall–Kier alpha value is -1.56. The van der Waals surface area contributed by atoms with Crippen molar-refractivity contribution in [2.24, 2.45) is 0 Å². The average Bonchev–Trinajstić information content (AvgIpc) is 2.13.